The lowest BCUT2D eigenvalue weighted by molar-refractivity contribution is -0.163. The second-order valence-electron chi connectivity index (χ2n) is 8.29. The van der Waals surface area contributed by atoms with E-state index >= 15 is 0 Å². The van der Waals surface area contributed by atoms with E-state index < -0.39 is 5.41 Å². The SMILES string of the molecule is COC(=O)C1=CCC[C@H]2[C@]3(C[C@H](c4ccoc4)OC3=O)[C@@H](C)CC[C@@]12C. The molecule has 5 nitrogen and oxygen atoms in total. The fourth-order valence-corrected chi connectivity index (χ4v) is 5.81. The largest absolute Gasteiger partial charge is 0.472 e. The molecule has 2 aliphatic carbocycles. The molecule has 4 rings (SSSR count). The monoisotopic (exact) mass is 358 g/mol. The third kappa shape index (κ3) is 2.22. The Balaban J connectivity index is 1.75. The summed E-state index contributed by atoms with van der Waals surface area (Å²) in [5.74, 6) is -0.0675. The normalized spacial score (nSPS) is 39.3. The molecule has 0 unspecified atom stereocenters. The summed E-state index contributed by atoms with van der Waals surface area (Å²) in [6.07, 6.45) is 9.16. The Labute approximate surface area is 153 Å². The maximum Gasteiger partial charge on any atom is 0.333 e. The molecule has 0 N–H and O–H groups in total. The van der Waals surface area contributed by atoms with Gasteiger partial charge in [-0.05, 0) is 43.6 Å². The number of cyclic esters (lactones) is 1. The van der Waals surface area contributed by atoms with Gasteiger partial charge in [0.2, 0.25) is 0 Å². The van der Waals surface area contributed by atoms with Gasteiger partial charge in [0.1, 0.15) is 6.10 Å². The van der Waals surface area contributed by atoms with E-state index in [0.29, 0.717) is 6.42 Å². The lowest BCUT2D eigenvalue weighted by atomic mass is 9.46. The summed E-state index contributed by atoms with van der Waals surface area (Å²) in [5, 5.41) is 0. The highest BCUT2D eigenvalue weighted by atomic mass is 16.6. The third-order valence-electron chi connectivity index (χ3n) is 7.26. The molecule has 140 valence electrons. The molecule has 1 aliphatic heterocycles. The van der Waals surface area contributed by atoms with Crippen molar-refractivity contribution in [2.45, 2.75) is 52.1 Å². The van der Waals surface area contributed by atoms with Crippen LogP contribution >= 0.6 is 0 Å². The fourth-order valence-electron chi connectivity index (χ4n) is 5.81. The zero-order valence-electron chi connectivity index (χ0n) is 15.6. The number of fused-ring (bicyclic) bond motifs is 2. The standard InChI is InChI=1S/C21H26O5/c1-13-7-9-20(2)15(18(22)24-3)5-4-6-17(20)21(13)11-16(26-19(21)23)14-8-10-25-12-14/h5,8,10,12-13,16-17H,4,6-7,9,11H2,1-3H3/t13-,16+,17+,20-,21-/m0/s1. The number of hydrogen-bond acceptors (Lipinski definition) is 5. The van der Waals surface area contributed by atoms with Crippen LogP contribution < -0.4 is 0 Å². The molecule has 2 heterocycles. The van der Waals surface area contributed by atoms with Crippen LogP contribution in [-0.4, -0.2) is 19.0 Å². The Bertz CT molecular complexity index is 748. The van der Waals surface area contributed by atoms with Gasteiger partial charge in [0.25, 0.3) is 0 Å². The number of carbonyl (C=O) groups excluding carboxylic acids is 2. The lowest BCUT2D eigenvalue weighted by Gasteiger charge is -2.55. The van der Waals surface area contributed by atoms with E-state index in [1.165, 1.54) is 7.11 Å². The molecule has 5 atom stereocenters. The van der Waals surface area contributed by atoms with Gasteiger partial charge < -0.3 is 13.9 Å². The number of furan rings is 1. The first kappa shape index (κ1) is 17.4. The maximum atomic E-state index is 13.2. The smallest absolute Gasteiger partial charge is 0.333 e. The first-order chi connectivity index (χ1) is 12.4. The van der Waals surface area contributed by atoms with E-state index in [0.717, 1.165) is 36.8 Å². The van der Waals surface area contributed by atoms with Gasteiger partial charge in [0, 0.05) is 23.0 Å². The number of esters is 2. The van der Waals surface area contributed by atoms with Crippen molar-refractivity contribution in [3.05, 3.63) is 35.8 Å². The summed E-state index contributed by atoms with van der Waals surface area (Å²) < 4.78 is 16.1. The minimum atomic E-state index is -0.553. The van der Waals surface area contributed by atoms with Crippen LogP contribution in [0.15, 0.2) is 34.7 Å². The molecule has 0 radical (unpaired) electrons. The topological polar surface area (TPSA) is 65.7 Å². The predicted octanol–water partition coefficient (Wildman–Crippen LogP) is 4.20. The van der Waals surface area contributed by atoms with Crippen LogP contribution in [0.25, 0.3) is 0 Å². The van der Waals surface area contributed by atoms with Crippen molar-refractivity contribution in [3.63, 3.8) is 0 Å². The molecule has 26 heavy (non-hydrogen) atoms. The van der Waals surface area contributed by atoms with Crippen LogP contribution in [0, 0.1) is 22.7 Å². The molecular formula is C21H26O5. The first-order valence-corrected chi connectivity index (χ1v) is 9.45. The van der Waals surface area contributed by atoms with E-state index in [2.05, 4.69) is 13.8 Å². The molecule has 1 spiro atoms. The van der Waals surface area contributed by atoms with Crippen molar-refractivity contribution in [3.8, 4) is 0 Å². The van der Waals surface area contributed by atoms with Gasteiger partial charge in [0.15, 0.2) is 0 Å². The Morgan fingerprint density at radius 3 is 2.85 bits per heavy atom. The average molecular weight is 358 g/mol. The molecule has 0 aromatic carbocycles. The number of hydrogen-bond donors (Lipinski definition) is 0. The summed E-state index contributed by atoms with van der Waals surface area (Å²) in [7, 11) is 1.43. The molecule has 0 bridgehead atoms. The summed E-state index contributed by atoms with van der Waals surface area (Å²) in [6.45, 7) is 4.29. The molecular weight excluding hydrogens is 332 g/mol. The molecule has 3 aliphatic rings. The molecule has 1 saturated heterocycles. The molecule has 1 aromatic rings. The van der Waals surface area contributed by atoms with Gasteiger partial charge in [-0.2, -0.15) is 0 Å². The van der Waals surface area contributed by atoms with Gasteiger partial charge in [-0.3, -0.25) is 4.79 Å². The second kappa shape index (κ2) is 6.00. The molecule has 5 heteroatoms. The van der Waals surface area contributed by atoms with E-state index in [1.807, 2.05) is 12.1 Å². The lowest BCUT2D eigenvalue weighted by Crippen LogP contribution is -2.54. The van der Waals surface area contributed by atoms with E-state index in [-0.39, 0.29) is 35.3 Å². The number of methoxy groups -OCH3 is 1. The van der Waals surface area contributed by atoms with Crippen LogP contribution in [0.2, 0.25) is 0 Å². The first-order valence-electron chi connectivity index (χ1n) is 9.45. The summed E-state index contributed by atoms with van der Waals surface area (Å²) in [5.41, 5.74) is 0.751. The van der Waals surface area contributed by atoms with Gasteiger partial charge in [-0.1, -0.05) is 19.9 Å². The zero-order chi connectivity index (χ0) is 18.5. The highest BCUT2D eigenvalue weighted by Crippen LogP contribution is 2.65. The fraction of sp³-hybridized carbons (Fsp3) is 0.619. The van der Waals surface area contributed by atoms with Crippen molar-refractivity contribution in [1.82, 2.24) is 0 Å². The number of ether oxygens (including phenoxy) is 2. The van der Waals surface area contributed by atoms with Gasteiger partial charge >= 0.3 is 11.9 Å². The maximum absolute atomic E-state index is 13.2. The van der Waals surface area contributed by atoms with E-state index in [9.17, 15) is 9.59 Å². The average Bonchev–Trinajstić information content (AvgIpc) is 3.27. The molecule has 1 saturated carbocycles. The quantitative estimate of drug-likeness (QED) is 0.741. The highest BCUT2D eigenvalue weighted by molar-refractivity contribution is 5.91. The van der Waals surface area contributed by atoms with Crippen molar-refractivity contribution >= 4 is 11.9 Å². The Hall–Kier alpha value is -2.04. The van der Waals surface area contributed by atoms with Gasteiger partial charge in [-0.15, -0.1) is 0 Å². The summed E-state index contributed by atoms with van der Waals surface area (Å²) in [4.78, 5) is 25.6. The van der Waals surface area contributed by atoms with Crippen molar-refractivity contribution in [1.29, 1.82) is 0 Å². The number of rotatable bonds is 2. The van der Waals surface area contributed by atoms with Gasteiger partial charge in [0.05, 0.1) is 25.1 Å². The Kier molecular flexibility index (Phi) is 4.01. The molecule has 0 amide bonds. The zero-order valence-corrected chi connectivity index (χ0v) is 15.6. The minimum absolute atomic E-state index is 0.0854. The van der Waals surface area contributed by atoms with Crippen LogP contribution in [-0.2, 0) is 19.1 Å². The Morgan fingerprint density at radius 1 is 1.35 bits per heavy atom. The Morgan fingerprint density at radius 2 is 2.15 bits per heavy atom. The summed E-state index contributed by atoms with van der Waals surface area (Å²) >= 11 is 0. The number of carbonyl (C=O) groups is 2. The van der Waals surface area contributed by atoms with E-state index in [4.69, 9.17) is 13.9 Å². The van der Waals surface area contributed by atoms with Crippen molar-refractivity contribution in [2.24, 2.45) is 22.7 Å². The molecule has 1 aromatic heterocycles. The highest BCUT2D eigenvalue weighted by Gasteiger charge is 2.65. The summed E-state index contributed by atoms with van der Waals surface area (Å²) in [6, 6.07) is 1.87. The van der Waals surface area contributed by atoms with Crippen LogP contribution in [0.3, 0.4) is 0 Å². The minimum Gasteiger partial charge on any atom is -0.472 e. The van der Waals surface area contributed by atoms with Crippen molar-refractivity contribution in [2.75, 3.05) is 7.11 Å². The predicted molar refractivity (Wildman–Crippen MR) is 93.9 cm³/mol. The van der Waals surface area contributed by atoms with Gasteiger partial charge in [-0.25, -0.2) is 4.79 Å². The van der Waals surface area contributed by atoms with Crippen LogP contribution in [0.1, 0.15) is 57.6 Å². The van der Waals surface area contributed by atoms with Crippen LogP contribution in [0.4, 0.5) is 0 Å². The van der Waals surface area contributed by atoms with Crippen molar-refractivity contribution < 1.29 is 23.5 Å². The van der Waals surface area contributed by atoms with E-state index in [1.54, 1.807) is 12.5 Å². The second-order valence-corrected chi connectivity index (χ2v) is 8.29. The molecule has 2 fully saturated rings. The van der Waals surface area contributed by atoms with Crippen LogP contribution in [0.5, 0.6) is 0 Å². The third-order valence-corrected chi connectivity index (χ3v) is 7.26. The number of allylic oxidation sites excluding steroid dienone is 1.